The van der Waals surface area contributed by atoms with Crippen LogP contribution in [-0.4, -0.2) is 24.6 Å². The van der Waals surface area contributed by atoms with Crippen LogP contribution < -0.4 is 4.74 Å². The van der Waals surface area contributed by atoms with Crippen LogP contribution in [-0.2, 0) is 4.74 Å². The molecule has 0 unspecified atom stereocenters. The number of rotatable bonds is 6. The van der Waals surface area contributed by atoms with Gasteiger partial charge in [0.2, 0.25) is 5.76 Å². The normalized spacial score (nSPS) is 10.0. The Kier molecular flexibility index (Phi) is 4.57. The maximum Gasteiger partial charge on any atom is 0.374 e. The molecule has 2 aromatic rings. The number of methoxy groups -OCH3 is 1. The van der Waals surface area contributed by atoms with Crippen LogP contribution in [0.5, 0.6) is 5.75 Å². The number of benzene rings is 1. The highest BCUT2D eigenvalue weighted by atomic mass is 16.6. The van der Waals surface area contributed by atoms with E-state index in [9.17, 15) is 14.9 Å². The molecule has 0 bridgehead atoms. The number of carbonyl (C=O) groups excluding carboxylic acids is 1. The minimum atomic E-state index is -0.665. The van der Waals surface area contributed by atoms with Gasteiger partial charge >= 0.3 is 5.97 Å². The number of nitrogens with zero attached hydrogens (tertiary/aromatic N) is 1. The summed E-state index contributed by atoms with van der Waals surface area (Å²) in [7, 11) is 1.42. The van der Waals surface area contributed by atoms with Gasteiger partial charge in [0.05, 0.1) is 23.7 Å². The first-order valence-corrected chi connectivity index (χ1v) is 6.27. The van der Waals surface area contributed by atoms with E-state index in [0.717, 1.165) is 0 Å². The summed E-state index contributed by atoms with van der Waals surface area (Å²) < 4.78 is 15.1. The van der Waals surface area contributed by atoms with Crippen LogP contribution >= 0.6 is 0 Å². The van der Waals surface area contributed by atoms with Crippen molar-refractivity contribution in [3.63, 3.8) is 0 Å². The molecule has 2 rings (SSSR count). The zero-order valence-corrected chi connectivity index (χ0v) is 11.8. The molecule has 114 valence electrons. The molecule has 1 heterocycles. The van der Waals surface area contributed by atoms with Gasteiger partial charge in [-0.15, -0.1) is 0 Å². The van der Waals surface area contributed by atoms with Gasteiger partial charge in [-0.2, -0.15) is 0 Å². The second-order valence-corrected chi connectivity index (χ2v) is 4.19. The van der Waals surface area contributed by atoms with Crippen molar-refractivity contribution in [3.8, 4) is 17.1 Å². The van der Waals surface area contributed by atoms with Crippen LogP contribution in [0.4, 0.5) is 5.69 Å². The Morgan fingerprint density at radius 2 is 2.18 bits per heavy atom. The third kappa shape index (κ3) is 3.14. The van der Waals surface area contributed by atoms with E-state index >= 15 is 0 Å². The molecule has 0 saturated carbocycles. The highest BCUT2D eigenvalue weighted by molar-refractivity contribution is 5.87. The Morgan fingerprint density at radius 3 is 2.82 bits per heavy atom. The molecule has 0 radical (unpaired) electrons. The Hall–Kier alpha value is -3.09. The topological polar surface area (TPSA) is 91.8 Å². The fourth-order valence-corrected chi connectivity index (χ4v) is 1.80. The molecule has 0 aliphatic heterocycles. The van der Waals surface area contributed by atoms with E-state index in [2.05, 4.69) is 6.58 Å². The molecule has 0 amide bonds. The zero-order chi connectivity index (χ0) is 16.1. The number of hydrogen-bond acceptors (Lipinski definition) is 6. The third-order valence-corrected chi connectivity index (χ3v) is 2.81. The van der Waals surface area contributed by atoms with Crippen LogP contribution in [0.1, 0.15) is 10.6 Å². The van der Waals surface area contributed by atoms with Gasteiger partial charge in [-0.3, -0.25) is 10.1 Å². The monoisotopic (exact) mass is 303 g/mol. The number of carbonyl (C=O) groups is 1. The summed E-state index contributed by atoms with van der Waals surface area (Å²) in [4.78, 5) is 22.3. The summed E-state index contributed by atoms with van der Waals surface area (Å²) in [6.07, 6.45) is 1.43. The second-order valence-electron chi connectivity index (χ2n) is 4.19. The van der Waals surface area contributed by atoms with Crippen molar-refractivity contribution in [2.45, 2.75) is 0 Å². The largest absolute Gasteiger partial charge is 0.497 e. The highest BCUT2D eigenvalue weighted by Crippen LogP contribution is 2.34. The lowest BCUT2D eigenvalue weighted by molar-refractivity contribution is -0.384. The average Bonchev–Trinajstić information content (AvgIpc) is 3.01. The van der Waals surface area contributed by atoms with Crippen molar-refractivity contribution < 1.29 is 23.6 Å². The lowest BCUT2D eigenvalue weighted by atomic mass is 10.1. The molecule has 0 spiro atoms. The Labute approximate surface area is 125 Å². The predicted molar refractivity (Wildman–Crippen MR) is 77.8 cm³/mol. The molecule has 0 saturated heterocycles. The first kappa shape index (κ1) is 15.3. The molecule has 0 N–H and O–H groups in total. The molecule has 7 nitrogen and oxygen atoms in total. The number of hydrogen-bond donors (Lipinski definition) is 0. The lowest BCUT2D eigenvalue weighted by Gasteiger charge is -2.03. The third-order valence-electron chi connectivity index (χ3n) is 2.81. The number of nitro groups is 1. The van der Waals surface area contributed by atoms with Gasteiger partial charge in [0.25, 0.3) is 5.69 Å². The van der Waals surface area contributed by atoms with Crippen LogP contribution in [0.2, 0.25) is 0 Å². The number of esters is 1. The molecule has 7 heteroatoms. The first-order valence-electron chi connectivity index (χ1n) is 6.27. The smallest absolute Gasteiger partial charge is 0.374 e. The van der Waals surface area contributed by atoms with Crippen molar-refractivity contribution in [2.75, 3.05) is 13.7 Å². The molecular formula is C15H13NO6. The summed E-state index contributed by atoms with van der Waals surface area (Å²) in [5, 5.41) is 11.2. The molecule has 1 aromatic heterocycles. The van der Waals surface area contributed by atoms with E-state index in [1.807, 2.05) is 0 Å². The molecule has 0 atom stereocenters. The van der Waals surface area contributed by atoms with Gasteiger partial charge in [0.1, 0.15) is 18.1 Å². The summed E-state index contributed by atoms with van der Waals surface area (Å²) in [6.45, 7) is 3.48. The first-order chi connectivity index (χ1) is 10.6. The van der Waals surface area contributed by atoms with Crippen molar-refractivity contribution in [1.82, 2.24) is 0 Å². The predicted octanol–water partition coefficient (Wildman–Crippen LogP) is 3.21. The molecule has 22 heavy (non-hydrogen) atoms. The van der Waals surface area contributed by atoms with Crippen LogP contribution in [0.3, 0.4) is 0 Å². The Balaban J connectivity index is 2.36. The van der Waals surface area contributed by atoms with Crippen molar-refractivity contribution in [3.05, 3.63) is 58.9 Å². The van der Waals surface area contributed by atoms with Gasteiger partial charge in [-0.25, -0.2) is 4.79 Å². The Morgan fingerprint density at radius 1 is 1.41 bits per heavy atom. The fourth-order valence-electron chi connectivity index (χ4n) is 1.80. The minimum absolute atomic E-state index is 0.0398. The summed E-state index contributed by atoms with van der Waals surface area (Å²) >= 11 is 0. The van der Waals surface area contributed by atoms with E-state index in [1.165, 1.54) is 37.5 Å². The van der Waals surface area contributed by atoms with E-state index in [-0.39, 0.29) is 29.4 Å². The van der Waals surface area contributed by atoms with Crippen molar-refractivity contribution in [1.29, 1.82) is 0 Å². The minimum Gasteiger partial charge on any atom is -0.497 e. The van der Waals surface area contributed by atoms with Crippen LogP contribution in [0.15, 0.2) is 47.4 Å². The van der Waals surface area contributed by atoms with Gasteiger partial charge in [-0.1, -0.05) is 12.7 Å². The second kappa shape index (κ2) is 6.57. The van der Waals surface area contributed by atoms with Gasteiger partial charge in [0, 0.05) is 0 Å². The molecule has 0 fully saturated rings. The molecule has 0 aliphatic carbocycles. The quantitative estimate of drug-likeness (QED) is 0.352. The van der Waals surface area contributed by atoms with Crippen molar-refractivity contribution in [2.24, 2.45) is 0 Å². The number of nitro benzene ring substituents is 1. The maximum absolute atomic E-state index is 11.6. The van der Waals surface area contributed by atoms with Gasteiger partial charge in [0.15, 0.2) is 0 Å². The van der Waals surface area contributed by atoms with Gasteiger partial charge < -0.3 is 13.9 Å². The van der Waals surface area contributed by atoms with Crippen molar-refractivity contribution >= 4 is 11.7 Å². The summed E-state index contributed by atoms with van der Waals surface area (Å²) in [6, 6.07) is 7.22. The van der Waals surface area contributed by atoms with E-state index < -0.39 is 10.9 Å². The molecule has 1 aromatic carbocycles. The van der Waals surface area contributed by atoms with E-state index in [1.54, 1.807) is 6.07 Å². The SMILES string of the molecule is C=CCOC(=O)c1ccc(-c2ccc(OC)cc2[N+](=O)[O-])o1. The Bertz CT molecular complexity index is 719. The fraction of sp³-hybridized carbons (Fsp3) is 0.133. The highest BCUT2D eigenvalue weighted by Gasteiger charge is 2.21. The standard InChI is InChI=1S/C15H13NO6/c1-3-8-21-15(17)14-7-6-13(22-14)11-5-4-10(20-2)9-12(11)16(18)19/h3-7,9H,1,8H2,2H3. The summed E-state index contributed by atoms with van der Waals surface area (Å²) in [5.74, 6) is -0.156. The van der Waals surface area contributed by atoms with Crippen LogP contribution in [0.25, 0.3) is 11.3 Å². The maximum atomic E-state index is 11.6. The lowest BCUT2D eigenvalue weighted by Crippen LogP contribution is -2.03. The zero-order valence-electron chi connectivity index (χ0n) is 11.8. The number of ether oxygens (including phenoxy) is 2. The van der Waals surface area contributed by atoms with E-state index in [0.29, 0.717) is 5.75 Å². The van der Waals surface area contributed by atoms with E-state index in [4.69, 9.17) is 13.9 Å². The average molecular weight is 303 g/mol. The van der Waals surface area contributed by atoms with Crippen LogP contribution in [0, 0.1) is 10.1 Å². The number of furan rings is 1. The summed E-state index contributed by atoms with van der Waals surface area (Å²) in [5.41, 5.74) is 0.0632. The van der Waals surface area contributed by atoms with Gasteiger partial charge in [-0.05, 0) is 24.3 Å². The molecule has 0 aliphatic rings. The molecular weight excluding hydrogens is 290 g/mol.